The molecule has 1 N–H and O–H groups in total. The maximum absolute atomic E-state index is 12.8. The summed E-state index contributed by atoms with van der Waals surface area (Å²) in [6.45, 7) is 5.21. The number of amides is 2. The average molecular weight is 426 g/mol. The van der Waals surface area contributed by atoms with Gasteiger partial charge >= 0.3 is 0 Å². The van der Waals surface area contributed by atoms with Crippen LogP contribution < -0.4 is 10.1 Å². The Kier molecular flexibility index (Phi) is 7.19. The molecular weight excluding hydrogens is 400 g/mol. The molecule has 0 aliphatic carbocycles. The predicted octanol–water partition coefficient (Wildman–Crippen LogP) is 2.10. The lowest BCUT2D eigenvalue weighted by molar-refractivity contribution is -0.385. The van der Waals surface area contributed by atoms with E-state index in [9.17, 15) is 19.7 Å². The molecular formula is C22H26N4O5. The van der Waals surface area contributed by atoms with Crippen molar-refractivity contribution in [2.24, 2.45) is 0 Å². The Morgan fingerprint density at radius 3 is 2.39 bits per heavy atom. The van der Waals surface area contributed by atoms with Gasteiger partial charge in [0.25, 0.3) is 17.5 Å². The number of hydrogen-bond donors (Lipinski definition) is 1. The van der Waals surface area contributed by atoms with Gasteiger partial charge in [-0.1, -0.05) is 6.07 Å². The van der Waals surface area contributed by atoms with Crippen molar-refractivity contribution < 1.29 is 19.2 Å². The van der Waals surface area contributed by atoms with Gasteiger partial charge < -0.3 is 15.0 Å². The van der Waals surface area contributed by atoms with Crippen LogP contribution in [0.15, 0.2) is 42.5 Å². The first-order valence-corrected chi connectivity index (χ1v) is 10.1. The first-order valence-electron chi connectivity index (χ1n) is 10.1. The summed E-state index contributed by atoms with van der Waals surface area (Å²) in [6, 6.07) is 11.5. The van der Waals surface area contributed by atoms with E-state index in [1.54, 1.807) is 55.3 Å². The number of nitro groups is 1. The van der Waals surface area contributed by atoms with Crippen molar-refractivity contribution in [2.45, 2.75) is 6.92 Å². The maximum Gasteiger partial charge on any atom is 0.273 e. The maximum atomic E-state index is 12.8. The monoisotopic (exact) mass is 426 g/mol. The zero-order valence-corrected chi connectivity index (χ0v) is 17.7. The molecule has 1 heterocycles. The van der Waals surface area contributed by atoms with Gasteiger partial charge in [-0.05, 0) is 37.3 Å². The fraction of sp³-hybridized carbons (Fsp3) is 0.364. The van der Waals surface area contributed by atoms with Gasteiger partial charge in [-0.2, -0.15) is 0 Å². The number of carbonyl (C=O) groups excluding carboxylic acids is 2. The third kappa shape index (κ3) is 5.37. The molecule has 2 aromatic rings. The molecule has 0 aromatic heterocycles. The largest absolute Gasteiger partial charge is 0.497 e. The number of nitrogens with one attached hydrogen (secondary N) is 1. The van der Waals surface area contributed by atoms with E-state index in [-0.39, 0.29) is 17.5 Å². The molecule has 9 nitrogen and oxygen atoms in total. The predicted molar refractivity (Wildman–Crippen MR) is 116 cm³/mol. The molecule has 0 atom stereocenters. The van der Waals surface area contributed by atoms with E-state index in [4.69, 9.17) is 4.74 Å². The molecule has 0 spiro atoms. The second-order valence-electron chi connectivity index (χ2n) is 7.33. The highest BCUT2D eigenvalue weighted by atomic mass is 16.6. The average Bonchev–Trinajstić information content (AvgIpc) is 2.79. The van der Waals surface area contributed by atoms with Crippen LogP contribution in [0.4, 0.5) is 5.69 Å². The number of hydrogen-bond acceptors (Lipinski definition) is 6. The van der Waals surface area contributed by atoms with Crippen LogP contribution in [0.2, 0.25) is 0 Å². The van der Waals surface area contributed by atoms with E-state index >= 15 is 0 Å². The number of rotatable bonds is 7. The van der Waals surface area contributed by atoms with Crippen LogP contribution in [0, 0.1) is 17.0 Å². The van der Waals surface area contributed by atoms with Gasteiger partial charge in [0.2, 0.25) is 0 Å². The SMILES string of the molecule is COc1ccc(C(=O)NCCN2CCN(C(=O)c3cccc([N+](=O)[O-])c3C)CC2)cc1. The van der Waals surface area contributed by atoms with Gasteiger partial charge in [0.1, 0.15) is 5.75 Å². The molecule has 1 saturated heterocycles. The van der Waals surface area contributed by atoms with Crippen molar-refractivity contribution in [1.29, 1.82) is 0 Å². The fourth-order valence-corrected chi connectivity index (χ4v) is 3.57. The zero-order chi connectivity index (χ0) is 22.4. The standard InChI is InChI=1S/C22H26N4O5/c1-16-19(4-3-5-20(16)26(29)30)22(28)25-14-12-24(13-15-25)11-10-23-21(27)17-6-8-18(31-2)9-7-17/h3-9H,10-15H2,1-2H3,(H,23,27). The molecule has 3 rings (SSSR count). The molecule has 31 heavy (non-hydrogen) atoms. The zero-order valence-electron chi connectivity index (χ0n) is 17.7. The van der Waals surface area contributed by atoms with E-state index < -0.39 is 4.92 Å². The number of benzene rings is 2. The molecule has 1 aliphatic rings. The normalized spacial score (nSPS) is 14.2. The molecule has 9 heteroatoms. The van der Waals surface area contributed by atoms with Crippen LogP contribution in [-0.4, -0.2) is 72.9 Å². The fourth-order valence-electron chi connectivity index (χ4n) is 3.57. The summed E-state index contributed by atoms with van der Waals surface area (Å²) >= 11 is 0. The van der Waals surface area contributed by atoms with Gasteiger partial charge in [0.15, 0.2) is 0 Å². The first-order chi connectivity index (χ1) is 14.9. The number of nitrogens with zero attached hydrogens (tertiary/aromatic N) is 3. The first kappa shape index (κ1) is 22.2. The minimum Gasteiger partial charge on any atom is -0.497 e. The van der Waals surface area contributed by atoms with Crippen molar-refractivity contribution in [3.63, 3.8) is 0 Å². The molecule has 0 unspecified atom stereocenters. The van der Waals surface area contributed by atoms with Crippen molar-refractivity contribution in [2.75, 3.05) is 46.4 Å². The Hall–Kier alpha value is -3.46. The van der Waals surface area contributed by atoms with E-state index in [0.717, 1.165) is 0 Å². The summed E-state index contributed by atoms with van der Waals surface area (Å²) in [4.78, 5) is 39.6. The third-order valence-corrected chi connectivity index (χ3v) is 5.46. The molecule has 0 bridgehead atoms. The number of carbonyl (C=O) groups is 2. The summed E-state index contributed by atoms with van der Waals surface area (Å²) in [7, 11) is 1.58. The van der Waals surface area contributed by atoms with Gasteiger partial charge in [0, 0.05) is 62.0 Å². The minimum absolute atomic E-state index is 0.0444. The van der Waals surface area contributed by atoms with Crippen LogP contribution in [0.25, 0.3) is 0 Å². The lowest BCUT2D eigenvalue weighted by Gasteiger charge is -2.35. The lowest BCUT2D eigenvalue weighted by atomic mass is 10.1. The quantitative estimate of drug-likeness (QED) is 0.537. The van der Waals surface area contributed by atoms with Crippen molar-refractivity contribution in [3.8, 4) is 5.75 Å². The van der Waals surface area contributed by atoms with Crippen LogP contribution >= 0.6 is 0 Å². The van der Waals surface area contributed by atoms with Crippen molar-refractivity contribution in [3.05, 3.63) is 69.3 Å². The Morgan fingerprint density at radius 2 is 1.77 bits per heavy atom. The van der Waals surface area contributed by atoms with Crippen LogP contribution in [-0.2, 0) is 0 Å². The second-order valence-corrected chi connectivity index (χ2v) is 7.33. The van der Waals surface area contributed by atoms with Gasteiger partial charge in [-0.25, -0.2) is 0 Å². The molecule has 164 valence electrons. The van der Waals surface area contributed by atoms with Gasteiger partial charge in [0.05, 0.1) is 12.0 Å². The van der Waals surface area contributed by atoms with Crippen LogP contribution in [0.1, 0.15) is 26.3 Å². The number of ether oxygens (including phenoxy) is 1. The summed E-state index contributed by atoms with van der Waals surface area (Å²) < 4.78 is 5.09. The van der Waals surface area contributed by atoms with Crippen molar-refractivity contribution in [1.82, 2.24) is 15.1 Å². The van der Waals surface area contributed by atoms with Gasteiger partial charge in [-0.3, -0.25) is 24.6 Å². The highest BCUT2D eigenvalue weighted by Gasteiger charge is 2.25. The Morgan fingerprint density at radius 1 is 1.10 bits per heavy atom. The smallest absolute Gasteiger partial charge is 0.273 e. The van der Waals surface area contributed by atoms with Crippen LogP contribution in [0.3, 0.4) is 0 Å². The second kappa shape index (κ2) is 10.0. The summed E-state index contributed by atoms with van der Waals surface area (Å²) in [5.74, 6) is 0.371. The van der Waals surface area contributed by atoms with E-state index in [1.165, 1.54) is 6.07 Å². The Balaban J connectivity index is 1.46. The highest BCUT2D eigenvalue weighted by molar-refractivity contribution is 5.96. The Bertz CT molecular complexity index is 953. The third-order valence-electron chi connectivity index (χ3n) is 5.46. The van der Waals surface area contributed by atoms with Gasteiger partial charge in [-0.15, -0.1) is 0 Å². The van der Waals surface area contributed by atoms with Crippen LogP contribution in [0.5, 0.6) is 5.75 Å². The number of piperazine rings is 1. The highest BCUT2D eigenvalue weighted by Crippen LogP contribution is 2.22. The van der Waals surface area contributed by atoms with E-state index in [0.29, 0.717) is 61.7 Å². The number of methoxy groups -OCH3 is 1. The number of nitro benzene ring substituents is 1. The Labute approximate surface area is 180 Å². The molecule has 2 aromatic carbocycles. The minimum atomic E-state index is -0.468. The summed E-state index contributed by atoms with van der Waals surface area (Å²) in [5, 5.41) is 14.0. The summed E-state index contributed by atoms with van der Waals surface area (Å²) in [6.07, 6.45) is 0. The van der Waals surface area contributed by atoms with E-state index in [2.05, 4.69) is 10.2 Å². The van der Waals surface area contributed by atoms with E-state index in [1.807, 2.05) is 0 Å². The summed E-state index contributed by atoms with van der Waals surface area (Å²) in [5.41, 5.74) is 1.29. The lowest BCUT2D eigenvalue weighted by Crippen LogP contribution is -2.50. The molecule has 1 aliphatic heterocycles. The molecule has 0 saturated carbocycles. The molecule has 2 amide bonds. The molecule has 1 fully saturated rings. The molecule has 0 radical (unpaired) electrons. The van der Waals surface area contributed by atoms with Crippen molar-refractivity contribution >= 4 is 17.5 Å². The topological polar surface area (TPSA) is 105 Å².